The minimum absolute atomic E-state index is 0.0115. The number of amides is 2. The molecule has 5 rings (SSSR count). The number of aliphatic imine (C=N–C) groups is 1. The van der Waals surface area contributed by atoms with E-state index in [0.29, 0.717) is 0 Å². The van der Waals surface area contributed by atoms with Gasteiger partial charge in [-0.05, 0) is 62.7 Å². The number of nitrogens with one attached hydrogen (secondary N) is 2. The first kappa shape index (κ1) is 11.7. The van der Waals surface area contributed by atoms with Gasteiger partial charge in [0.2, 0.25) is 0 Å². The second-order valence-electron chi connectivity index (χ2n) is 7.21. The average molecular weight is 261 g/mol. The lowest BCUT2D eigenvalue weighted by Crippen LogP contribution is -2.61. The van der Waals surface area contributed by atoms with Gasteiger partial charge in [-0.3, -0.25) is 10.3 Å². The number of urea groups is 1. The molecule has 0 radical (unpaired) electrons. The Kier molecular flexibility index (Phi) is 2.61. The summed E-state index contributed by atoms with van der Waals surface area (Å²) >= 11 is 0. The van der Waals surface area contributed by atoms with Crippen LogP contribution in [0.1, 0.15) is 51.4 Å². The van der Waals surface area contributed by atoms with Crippen LogP contribution >= 0.6 is 0 Å². The van der Waals surface area contributed by atoms with E-state index in [1.807, 2.05) is 0 Å². The van der Waals surface area contributed by atoms with Gasteiger partial charge in [-0.2, -0.15) is 0 Å². The Morgan fingerprint density at radius 1 is 1.11 bits per heavy atom. The lowest BCUT2D eigenvalue weighted by molar-refractivity contribution is -0.0132. The number of amidine groups is 1. The van der Waals surface area contributed by atoms with Crippen molar-refractivity contribution in [3.8, 4) is 0 Å². The Hall–Kier alpha value is -1.06. The molecule has 0 aromatic rings. The van der Waals surface area contributed by atoms with Gasteiger partial charge in [-0.15, -0.1) is 0 Å². The molecule has 1 aliphatic heterocycles. The van der Waals surface area contributed by atoms with Gasteiger partial charge in [0, 0.05) is 18.5 Å². The third-order valence-corrected chi connectivity index (χ3v) is 5.55. The zero-order chi connectivity index (χ0) is 12.9. The number of carbonyl (C=O) groups excluding carboxylic acids is 1. The highest BCUT2D eigenvalue weighted by molar-refractivity contribution is 5.98. The van der Waals surface area contributed by atoms with Gasteiger partial charge in [-0.25, -0.2) is 4.79 Å². The topological polar surface area (TPSA) is 53.5 Å². The first-order chi connectivity index (χ1) is 9.21. The van der Waals surface area contributed by atoms with E-state index >= 15 is 0 Å². The molecule has 4 saturated carbocycles. The largest absolute Gasteiger partial charge is 0.332 e. The predicted molar refractivity (Wildman–Crippen MR) is 74.1 cm³/mol. The molecule has 0 spiro atoms. The Morgan fingerprint density at radius 2 is 1.74 bits per heavy atom. The zero-order valence-electron chi connectivity index (χ0n) is 11.5. The fourth-order valence-electron chi connectivity index (χ4n) is 5.31. The molecule has 0 aromatic heterocycles. The van der Waals surface area contributed by atoms with Gasteiger partial charge in [-0.1, -0.05) is 0 Å². The monoisotopic (exact) mass is 261 g/mol. The standard InChI is InChI=1S/C15H23N3O/c19-14(17-13-2-1-3-16-13)18-15-7-10-4-11(8-15)6-12(5-10)9-15/h10-12H,1-9H2,(H2,16,17,18,19). The van der Waals surface area contributed by atoms with Gasteiger partial charge in [0.25, 0.3) is 0 Å². The molecule has 5 aliphatic rings. The highest BCUT2D eigenvalue weighted by Crippen LogP contribution is 2.55. The Labute approximate surface area is 114 Å². The molecule has 0 aromatic carbocycles. The molecule has 4 fully saturated rings. The number of rotatable bonds is 1. The molecular formula is C15H23N3O. The minimum Gasteiger partial charge on any atom is -0.332 e. The van der Waals surface area contributed by atoms with Crippen LogP contribution in [0.3, 0.4) is 0 Å². The number of nitrogens with zero attached hydrogens (tertiary/aromatic N) is 1. The van der Waals surface area contributed by atoms with Crippen LogP contribution in [0.25, 0.3) is 0 Å². The van der Waals surface area contributed by atoms with Crippen molar-refractivity contribution in [2.75, 3.05) is 6.54 Å². The molecule has 1 heterocycles. The second-order valence-corrected chi connectivity index (χ2v) is 7.21. The van der Waals surface area contributed by atoms with E-state index < -0.39 is 0 Å². The molecule has 2 N–H and O–H groups in total. The van der Waals surface area contributed by atoms with Crippen LogP contribution in [0.5, 0.6) is 0 Å². The normalized spacial score (nSPS) is 43.2. The van der Waals surface area contributed by atoms with Crippen LogP contribution in [-0.4, -0.2) is 24.0 Å². The molecule has 4 aliphatic carbocycles. The van der Waals surface area contributed by atoms with Crippen molar-refractivity contribution in [3.63, 3.8) is 0 Å². The second kappa shape index (κ2) is 4.22. The summed E-state index contributed by atoms with van der Waals surface area (Å²) in [5.41, 5.74) is 0.109. The van der Waals surface area contributed by atoms with Crippen molar-refractivity contribution in [1.29, 1.82) is 0 Å². The molecule has 19 heavy (non-hydrogen) atoms. The quantitative estimate of drug-likeness (QED) is 0.748. The first-order valence-corrected chi connectivity index (χ1v) is 7.83. The summed E-state index contributed by atoms with van der Waals surface area (Å²) in [5, 5.41) is 6.27. The lowest BCUT2D eigenvalue weighted by atomic mass is 9.53. The summed E-state index contributed by atoms with van der Waals surface area (Å²) in [5.74, 6) is 3.49. The maximum atomic E-state index is 12.2. The van der Waals surface area contributed by atoms with Crippen molar-refractivity contribution in [2.24, 2.45) is 22.7 Å². The summed E-state index contributed by atoms with van der Waals surface area (Å²) in [7, 11) is 0. The highest BCUT2D eigenvalue weighted by atomic mass is 16.2. The van der Waals surface area contributed by atoms with Crippen LogP contribution in [-0.2, 0) is 0 Å². The maximum absolute atomic E-state index is 12.2. The van der Waals surface area contributed by atoms with E-state index in [4.69, 9.17) is 0 Å². The molecule has 4 heteroatoms. The van der Waals surface area contributed by atoms with Crippen molar-refractivity contribution in [3.05, 3.63) is 0 Å². The van der Waals surface area contributed by atoms with E-state index in [-0.39, 0.29) is 11.6 Å². The smallest absolute Gasteiger partial charge is 0.320 e. The Morgan fingerprint density at radius 3 is 2.26 bits per heavy atom. The van der Waals surface area contributed by atoms with E-state index in [1.54, 1.807) is 0 Å². The van der Waals surface area contributed by atoms with E-state index in [1.165, 1.54) is 38.5 Å². The van der Waals surface area contributed by atoms with Gasteiger partial charge in [0.15, 0.2) is 0 Å². The minimum atomic E-state index is -0.0115. The number of hydrogen-bond donors (Lipinski definition) is 2. The Balaban J connectivity index is 1.43. The summed E-state index contributed by atoms with van der Waals surface area (Å²) in [4.78, 5) is 16.5. The SMILES string of the molecule is O=C(NC1=NCCC1)NC12CC3CC(CC(C3)C1)C2. The number of hydrogen-bond acceptors (Lipinski definition) is 2. The van der Waals surface area contributed by atoms with Gasteiger partial charge < -0.3 is 5.32 Å². The van der Waals surface area contributed by atoms with Crippen LogP contribution in [0.2, 0.25) is 0 Å². The van der Waals surface area contributed by atoms with Crippen LogP contribution in [0, 0.1) is 17.8 Å². The van der Waals surface area contributed by atoms with Crippen LogP contribution in [0.15, 0.2) is 4.99 Å². The van der Waals surface area contributed by atoms with Crippen molar-refractivity contribution >= 4 is 11.9 Å². The Bertz CT molecular complexity index is 394. The third kappa shape index (κ3) is 2.15. The molecular weight excluding hydrogens is 238 g/mol. The van der Waals surface area contributed by atoms with Gasteiger partial charge >= 0.3 is 6.03 Å². The summed E-state index contributed by atoms with van der Waals surface area (Å²) < 4.78 is 0. The summed E-state index contributed by atoms with van der Waals surface area (Å²) in [6.07, 6.45) is 9.86. The molecule has 104 valence electrons. The van der Waals surface area contributed by atoms with E-state index in [9.17, 15) is 4.79 Å². The van der Waals surface area contributed by atoms with Crippen LogP contribution < -0.4 is 10.6 Å². The predicted octanol–water partition coefficient (Wildman–Crippen LogP) is 2.45. The molecule has 4 bridgehead atoms. The van der Waals surface area contributed by atoms with Crippen LogP contribution in [0.4, 0.5) is 4.79 Å². The molecule has 2 amide bonds. The van der Waals surface area contributed by atoms with E-state index in [2.05, 4.69) is 15.6 Å². The number of carbonyl (C=O) groups is 1. The highest BCUT2D eigenvalue weighted by Gasteiger charge is 2.51. The average Bonchev–Trinajstić information content (AvgIpc) is 2.78. The fourth-order valence-corrected chi connectivity index (χ4v) is 5.31. The molecule has 0 saturated heterocycles. The van der Waals surface area contributed by atoms with Gasteiger partial charge in [0.05, 0.1) is 0 Å². The lowest BCUT2D eigenvalue weighted by Gasteiger charge is -2.56. The van der Waals surface area contributed by atoms with Gasteiger partial charge in [0.1, 0.15) is 5.84 Å². The maximum Gasteiger partial charge on any atom is 0.320 e. The molecule has 0 unspecified atom stereocenters. The van der Waals surface area contributed by atoms with Crippen molar-refractivity contribution in [1.82, 2.24) is 10.6 Å². The first-order valence-electron chi connectivity index (χ1n) is 7.83. The third-order valence-electron chi connectivity index (χ3n) is 5.55. The summed E-state index contributed by atoms with van der Waals surface area (Å²) in [6.45, 7) is 0.868. The van der Waals surface area contributed by atoms with Crippen molar-refractivity contribution in [2.45, 2.75) is 56.9 Å². The molecule has 0 atom stereocenters. The summed E-state index contributed by atoms with van der Waals surface area (Å²) in [6, 6.07) is -0.0115. The van der Waals surface area contributed by atoms with Crippen molar-refractivity contribution < 1.29 is 4.79 Å². The zero-order valence-corrected chi connectivity index (χ0v) is 11.5. The van der Waals surface area contributed by atoms with E-state index in [0.717, 1.165) is 43.0 Å². The molecule has 4 nitrogen and oxygen atoms in total. The fraction of sp³-hybridized carbons (Fsp3) is 0.867.